The number of aliphatic hydroxyl groups is 1. The molecule has 1 aromatic rings. The number of hydrogen-bond acceptors (Lipinski definition) is 3. The monoisotopic (exact) mass is 334 g/mol. The fourth-order valence-electron chi connectivity index (χ4n) is 2.78. The number of hydrogen-bond donors (Lipinski definition) is 1. The van der Waals surface area contributed by atoms with Crippen LogP contribution in [-0.4, -0.2) is 11.1 Å². The molecule has 0 heterocycles. The zero-order valence-corrected chi connectivity index (χ0v) is 15.3. The summed E-state index contributed by atoms with van der Waals surface area (Å²) >= 11 is 0. The average molecular weight is 334 g/mol. The lowest BCUT2D eigenvalue weighted by molar-refractivity contribution is -0.134. The van der Waals surface area contributed by atoms with Gasteiger partial charge >= 0.3 is 5.97 Å². The van der Waals surface area contributed by atoms with Crippen molar-refractivity contribution in [2.24, 2.45) is 0 Å². The number of unbranched alkanes of at least 4 members (excludes halogenated alkanes) is 10. The standard InChI is InChI=1S/C21H34O3/c1-2-3-4-5-6-7-8-9-10-11-12-13-21(23)24-20-16-14-19(18-22)15-17-20/h14-17,22H,2-13,18H2,1H3. The molecule has 1 N–H and O–H groups in total. The van der Waals surface area contributed by atoms with Crippen molar-refractivity contribution in [1.29, 1.82) is 0 Å². The van der Waals surface area contributed by atoms with Gasteiger partial charge in [-0.3, -0.25) is 4.79 Å². The predicted octanol–water partition coefficient (Wildman–Crippen LogP) is 5.79. The Balaban J connectivity index is 1.94. The molecule has 0 atom stereocenters. The molecule has 0 saturated heterocycles. The van der Waals surface area contributed by atoms with E-state index in [9.17, 15) is 4.79 Å². The van der Waals surface area contributed by atoms with Gasteiger partial charge in [0.15, 0.2) is 0 Å². The molecule has 0 amide bonds. The van der Waals surface area contributed by atoms with Crippen LogP contribution in [0.25, 0.3) is 0 Å². The SMILES string of the molecule is CCCCCCCCCCCCCC(=O)Oc1ccc(CO)cc1. The highest BCUT2D eigenvalue weighted by molar-refractivity contribution is 5.72. The molecule has 0 aliphatic carbocycles. The number of ether oxygens (including phenoxy) is 1. The van der Waals surface area contributed by atoms with Crippen LogP contribution in [0, 0.1) is 0 Å². The number of carbonyl (C=O) groups excluding carboxylic acids is 1. The molecule has 0 radical (unpaired) electrons. The summed E-state index contributed by atoms with van der Waals surface area (Å²) in [5.41, 5.74) is 0.820. The molecule has 0 aromatic heterocycles. The van der Waals surface area contributed by atoms with Crippen LogP contribution in [0.4, 0.5) is 0 Å². The molecule has 0 fully saturated rings. The minimum atomic E-state index is -0.164. The van der Waals surface area contributed by atoms with Crippen LogP contribution < -0.4 is 4.74 Å². The summed E-state index contributed by atoms with van der Waals surface area (Å²) in [6, 6.07) is 6.99. The molecule has 0 spiro atoms. The highest BCUT2D eigenvalue weighted by Crippen LogP contribution is 2.15. The van der Waals surface area contributed by atoms with E-state index >= 15 is 0 Å². The number of benzene rings is 1. The van der Waals surface area contributed by atoms with E-state index < -0.39 is 0 Å². The number of esters is 1. The highest BCUT2D eigenvalue weighted by Gasteiger charge is 2.04. The third kappa shape index (κ3) is 10.4. The Bertz CT molecular complexity index is 425. The first kappa shape index (κ1) is 20.7. The maximum absolute atomic E-state index is 11.8. The van der Waals surface area contributed by atoms with Gasteiger partial charge in [-0.05, 0) is 24.1 Å². The summed E-state index contributed by atoms with van der Waals surface area (Å²) in [4.78, 5) is 11.8. The maximum atomic E-state index is 11.8. The largest absolute Gasteiger partial charge is 0.427 e. The van der Waals surface area contributed by atoms with E-state index in [1.807, 2.05) is 0 Å². The molecule has 24 heavy (non-hydrogen) atoms. The Morgan fingerprint density at radius 1 is 0.833 bits per heavy atom. The van der Waals surface area contributed by atoms with Gasteiger partial charge in [0.1, 0.15) is 5.75 Å². The van der Waals surface area contributed by atoms with E-state index in [0.29, 0.717) is 12.2 Å². The summed E-state index contributed by atoms with van der Waals surface area (Å²) in [6.45, 7) is 2.26. The summed E-state index contributed by atoms with van der Waals surface area (Å²) in [5.74, 6) is 0.392. The van der Waals surface area contributed by atoms with Gasteiger partial charge in [-0.2, -0.15) is 0 Å². The first-order valence-corrected chi connectivity index (χ1v) is 9.66. The van der Waals surface area contributed by atoms with Crippen molar-refractivity contribution in [1.82, 2.24) is 0 Å². The molecule has 0 bridgehead atoms. The van der Waals surface area contributed by atoms with Gasteiger partial charge in [0.25, 0.3) is 0 Å². The predicted molar refractivity (Wildman–Crippen MR) is 99.1 cm³/mol. The van der Waals surface area contributed by atoms with Crippen molar-refractivity contribution in [2.75, 3.05) is 0 Å². The van der Waals surface area contributed by atoms with Gasteiger partial charge in [-0.15, -0.1) is 0 Å². The summed E-state index contributed by atoms with van der Waals surface area (Å²) < 4.78 is 5.29. The van der Waals surface area contributed by atoms with Crippen molar-refractivity contribution >= 4 is 5.97 Å². The molecule has 0 aliphatic heterocycles. The van der Waals surface area contributed by atoms with Gasteiger partial charge in [0.05, 0.1) is 6.61 Å². The van der Waals surface area contributed by atoms with E-state index in [1.165, 1.54) is 57.8 Å². The fraction of sp³-hybridized carbons (Fsp3) is 0.667. The van der Waals surface area contributed by atoms with Crippen molar-refractivity contribution in [2.45, 2.75) is 90.6 Å². The van der Waals surface area contributed by atoms with Crippen LogP contribution in [0.2, 0.25) is 0 Å². The zero-order valence-electron chi connectivity index (χ0n) is 15.3. The van der Waals surface area contributed by atoms with E-state index in [0.717, 1.165) is 18.4 Å². The van der Waals surface area contributed by atoms with E-state index in [2.05, 4.69) is 6.92 Å². The summed E-state index contributed by atoms with van der Waals surface area (Å²) in [6.07, 6.45) is 14.5. The van der Waals surface area contributed by atoms with Crippen molar-refractivity contribution in [3.8, 4) is 5.75 Å². The Morgan fingerprint density at radius 3 is 1.83 bits per heavy atom. The summed E-state index contributed by atoms with van der Waals surface area (Å²) in [5, 5.41) is 8.97. The number of carbonyl (C=O) groups is 1. The van der Waals surface area contributed by atoms with Gasteiger partial charge in [-0.1, -0.05) is 83.3 Å². The fourth-order valence-corrected chi connectivity index (χ4v) is 2.78. The van der Waals surface area contributed by atoms with E-state index in [4.69, 9.17) is 9.84 Å². The quantitative estimate of drug-likeness (QED) is 0.266. The van der Waals surface area contributed by atoms with Crippen molar-refractivity contribution < 1.29 is 14.6 Å². The second-order valence-electron chi connectivity index (χ2n) is 6.56. The third-order valence-corrected chi connectivity index (χ3v) is 4.32. The maximum Gasteiger partial charge on any atom is 0.311 e. The Morgan fingerprint density at radius 2 is 1.33 bits per heavy atom. The second kappa shape index (κ2) is 14.0. The van der Waals surface area contributed by atoms with Crippen LogP contribution in [0.15, 0.2) is 24.3 Å². The molecule has 136 valence electrons. The Labute approximate surface area is 147 Å². The Hall–Kier alpha value is -1.35. The molecule has 0 unspecified atom stereocenters. The Kier molecular flexibility index (Phi) is 12.1. The van der Waals surface area contributed by atoms with Crippen molar-refractivity contribution in [3.63, 3.8) is 0 Å². The molecular weight excluding hydrogens is 300 g/mol. The van der Waals surface area contributed by atoms with E-state index in [-0.39, 0.29) is 12.6 Å². The van der Waals surface area contributed by atoms with Gasteiger partial charge in [-0.25, -0.2) is 0 Å². The zero-order chi connectivity index (χ0) is 17.5. The molecular formula is C21H34O3. The lowest BCUT2D eigenvalue weighted by Crippen LogP contribution is -2.07. The molecule has 3 heteroatoms. The third-order valence-electron chi connectivity index (χ3n) is 4.32. The average Bonchev–Trinajstić information content (AvgIpc) is 2.60. The minimum Gasteiger partial charge on any atom is -0.427 e. The van der Waals surface area contributed by atoms with Crippen LogP contribution in [0.1, 0.15) is 89.5 Å². The molecule has 3 nitrogen and oxygen atoms in total. The lowest BCUT2D eigenvalue weighted by atomic mass is 10.1. The molecule has 1 rings (SSSR count). The highest BCUT2D eigenvalue weighted by atomic mass is 16.5. The normalized spacial score (nSPS) is 10.8. The first-order valence-electron chi connectivity index (χ1n) is 9.66. The number of rotatable bonds is 14. The van der Waals surface area contributed by atoms with Gasteiger partial charge in [0.2, 0.25) is 0 Å². The smallest absolute Gasteiger partial charge is 0.311 e. The topological polar surface area (TPSA) is 46.5 Å². The second-order valence-corrected chi connectivity index (χ2v) is 6.56. The number of aliphatic hydroxyl groups excluding tert-OH is 1. The van der Waals surface area contributed by atoms with Crippen LogP contribution >= 0.6 is 0 Å². The summed E-state index contributed by atoms with van der Waals surface area (Å²) in [7, 11) is 0. The molecule has 0 saturated carbocycles. The van der Waals surface area contributed by atoms with Gasteiger partial charge < -0.3 is 9.84 Å². The molecule has 1 aromatic carbocycles. The van der Waals surface area contributed by atoms with E-state index in [1.54, 1.807) is 24.3 Å². The van der Waals surface area contributed by atoms with Crippen LogP contribution in [0.5, 0.6) is 5.75 Å². The van der Waals surface area contributed by atoms with Crippen molar-refractivity contribution in [3.05, 3.63) is 29.8 Å². The van der Waals surface area contributed by atoms with Crippen LogP contribution in [0.3, 0.4) is 0 Å². The van der Waals surface area contributed by atoms with Gasteiger partial charge in [0, 0.05) is 6.42 Å². The first-order chi connectivity index (χ1) is 11.8. The lowest BCUT2D eigenvalue weighted by Gasteiger charge is -2.05. The molecule has 0 aliphatic rings. The minimum absolute atomic E-state index is 0.00691. The van der Waals surface area contributed by atoms with Crippen LogP contribution in [-0.2, 0) is 11.4 Å².